The number of rotatable bonds is 10. The van der Waals surface area contributed by atoms with Crippen LogP contribution in [0.2, 0.25) is 0 Å². The average molecular weight is 432 g/mol. The molecule has 0 aliphatic carbocycles. The quantitative estimate of drug-likeness (QED) is 0.180. The number of sulfonamides is 1. The summed E-state index contributed by atoms with van der Waals surface area (Å²) in [5.74, 6) is 0.857. The molecule has 21 heavy (non-hydrogen) atoms. The standard InChI is InChI=1S/C13H28N4O2S.HI/c1-5-7-8-12-17(3)13(14-6-2)15-10-9-11-16-20(4,18)19;/h5,16H,1,6-12H2,2-4H3,(H,14,15);1H. The zero-order valence-electron chi connectivity index (χ0n) is 13.3. The van der Waals surface area contributed by atoms with Gasteiger partial charge in [0, 0.05) is 33.2 Å². The molecule has 0 radical (unpaired) electrons. The van der Waals surface area contributed by atoms with Gasteiger partial charge in [0.2, 0.25) is 10.0 Å². The van der Waals surface area contributed by atoms with E-state index in [-0.39, 0.29) is 24.0 Å². The Labute approximate surface area is 146 Å². The van der Waals surface area contributed by atoms with E-state index in [1.165, 1.54) is 0 Å². The minimum absolute atomic E-state index is 0. The maximum absolute atomic E-state index is 10.9. The van der Waals surface area contributed by atoms with Crippen molar-refractivity contribution in [3.05, 3.63) is 12.7 Å². The Balaban J connectivity index is 0. The van der Waals surface area contributed by atoms with E-state index in [1.54, 1.807) is 0 Å². The summed E-state index contributed by atoms with van der Waals surface area (Å²) in [6.07, 6.45) is 5.78. The van der Waals surface area contributed by atoms with E-state index >= 15 is 0 Å². The molecule has 0 aromatic carbocycles. The van der Waals surface area contributed by atoms with Crippen molar-refractivity contribution in [2.45, 2.75) is 26.2 Å². The van der Waals surface area contributed by atoms with Gasteiger partial charge in [-0.15, -0.1) is 30.6 Å². The number of halogens is 1. The number of unbranched alkanes of at least 4 members (excludes halogenated alkanes) is 1. The predicted octanol–water partition coefficient (Wildman–Crippen LogP) is 1.41. The van der Waals surface area contributed by atoms with Crippen molar-refractivity contribution < 1.29 is 8.42 Å². The normalized spacial score (nSPS) is 11.7. The summed E-state index contributed by atoms with van der Waals surface area (Å²) in [5, 5.41) is 3.23. The van der Waals surface area contributed by atoms with Gasteiger partial charge in [0.1, 0.15) is 0 Å². The van der Waals surface area contributed by atoms with E-state index in [0.29, 0.717) is 19.5 Å². The van der Waals surface area contributed by atoms with Gasteiger partial charge in [0.05, 0.1) is 6.26 Å². The number of hydrogen-bond donors (Lipinski definition) is 2. The summed E-state index contributed by atoms with van der Waals surface area (Å²) in [4.78, 5) is 6.56. The van der Waals surface area contributed by atoms with Crippen molar-refractivity contribution >= 4 is 40.0 Å². The molecule has 0 bridgehead atoms. The van der Waals surface area contributed by atoms with Gasteiger partial charge < -0.3 is 10.2 Å². The molecular weight excluding hydrogens is 403 g/mol. The van der Waals surface area contributed by atoms with Crippen LogP contribution in [0.5, 0.6) is 0 Å². The fourth-order valence-electron chi connectivity index (χ4n) is 1.57. The van der Waals surface area contributed by atoms with E-state index in [0.717, 1.165) is 38.1 Å². The first-order valence-electron chi connectivity index (χ1n) is 6.95. The van der Waals surface area contributed by atoms with E-state index < -0.39 is 10.0 Å². The van der Waals surface area contributed by atoms with Crippen molar-refractivity contribution in [2.75, 3.05) is 39.5 Å². The van der Waals surface area contributed by atoms with Crippen LogP contribution in [0.15, 0.2) is 17.6 Å². The van der Waals surface area contributed by atoms with Gasteiger partial charge in [0.25, 0.3) is 0 Å². The Bertz CT molecular complexity index is 399. The lowest BCUT2D eigenvalue weighted by Crippen LogP contribution is -2.39. The second kappa shape index (κ2) is 13.3. The highest BCUT2D eigenvalue weighted by Crippen LogP contribution is 1.95. The van der Waals surface area contributed by atoms with Crippen LogP contribution in [-0.4, -0.2) is 58.8 Å². The van der Waals surface area contributed by atoms with Crippen LogP contribution in [0.3, 0.4) is 0 Å². The van der Waals surface area contributed by atoms with Crippen LogP contribution in [0, 0.1) is 0 Å². The van der Waals surface area contributed by atoms with E-state index in [2.05, 4.69) is 26.5 Å². The number of nitrogens with one attached hydrogen (secondary N) is 2. The first-order chi connectivity index (χ1) is 9.40. The monoisotopic (exact) mass is 432 g/mol. The van der Waals surface area contributed by atoms with E-state index in [4.69, 9.17) is 0 Å². The van der Waals surface area contributed by atoms with Crippen molar-refractivity contribution in [3.63, 3.8) is 0 Å². The molecule has 0 atom stereocenters. The fourth-order valence-corrected chi connectivity index (χ4v) is 2.09. The Hall–Kier alpha value is -0.350. The molecule has 6 nitrogen and oxygen atoms in total. The molecule has 0 aliphatic heterocycles. The maximum Gasteiger partial charge on any atom is 0.208 e. The third-order valence-corrected chi connectivity index (χ3v) is 3.29. The Morgan fingerprint density at radius 1 is 1.38 bits per heavy atom. The van der Waals surface area contributed by atoms with Crippen LogP contribution in [0.25, 0.3) is 0 Å². The second-order valence-corrected chi connectivity index (χ2v) is 6.44. The molecule has 0 heterocycles. The number of guanidine groups is 1. The van der Waals surface area contributed by atoms with Crippen molar-refractivity contribution in [2.24, 2.45) is 4.99 Å². The zero-order chi connectivity index (χ0) is 15.4. The van der Waals surface area contributed by atoms with Gasteiger partial charge in [-0.1, -0.05) is 6.08 Å². The molecule has 0 aliphatic rings. The Morgan fingerprint density at radius 3 is 2.57 bits per heavy atom. The molecule has 0 rings (SSSR count). The summed E-state index contributed by atoms with van der Waals surface area (Å²) >= 11 is 0. The molecule has 0 saturated carbocycles. The number of aliphatic imine (C=N–C) groups is 1. The smallest absolute Gasteiger partial charge is 0.208 e. The first-order valence-corrected chi connectivity index (χ1v) is 8.84. The zero-order valence-corrected chi connectivity index (χ0v) is 16.4. The number of allylic oxidation sites excluding steroid dienone is 1. The highest BCUT2D eigenvalue weighted by atomic mass is 127. The third-order valence-electron chi connectivity index (χ3n) is 2.56. The minimum atomic E-state index is -3.10. The van der Waals surface area contributed by atoms with Crippen molar-refractivity contribution in [3.8, 4) is 0 Å². The SMILES string of the molecule is C=CCCCN(C)C(=NCCCNS(C)(=O)=O)NCC.I. The van der Waals surface area contributed by atoms with Crippen molar-refractivity contribution in [1.82, 2.24) is 14.9 Å². The van der Waals surface area contributed by atoms with Crippen LogP contribution in [0.1, 0.15) is 26.2 Å². The highest BCUT2D eigenvalue weighted by molar-refractivity contribution is 14.0. The lowest BCUT2D eigenvalue weighted by Gasteiger charge is -2.21. The summed E-state index contributed by atoms with van der Waals surface area (Å²) in [6.45, 7) is 8.47. The molecule has 0 saturated heterocycles. The summed E-state index contributed by atoms with van der Waals surface area (Å²) in [5.41, 5.74) is 0. The minimum Gasteiger partial charge on any atom is -0.357 e. The molecule has 2 N–H and O–H groups in total. The molecule has 0 aromatic heterocycles. The Morgan fingerprint density at radius 2 is 2.05 bits per heavy atom. The van der Waals surface area contributed by atoms with Gasteiger partial charge in [-0.3, -0.25) is 4.99 Å². The molecule has 0 unspecified atom stereocenters. The fraction of sp³-hybridized carbons (Fsp3) is 0.769. The molecule has 0 amide bonds. The molecule has 0 spiro atoms. The molecule has 8 heteroatoms. The lowest BCUT2D eigenvalue weighted by molar-refractivity contribution is 0.469. The highest BCUT2D eigenvalue weighted by Gasteiger charge is 2.04. The van der Waals surface area contributed by atoms with Crippen LogP contribution in [0.4, 0.5) is 0 Å². The predicted molar refractivity (Wildman–Crippen MR) is 101 cm³/mol. The van der Waals surface area contributed by atoms with E-state index in [9.17, 15) is 8.42 Å². The van der Waals surface area contributed by atoms with Crippen LogP contribution >= 0.6 is 24.0 Å². The largest absolute Gasteiger partial charge is 0.357 e. The van der Waals surface area contributed by atoms with Gasteiger partial charge in [-0.25, -0.2) is 13.1 Å². The third kappa shape index (κ3) is 14.4. The summed E-state index contributed by atoms with van der Waals surface area (Å²) in [6, 6.07) is 0. The van der Waals surface area contributed by atoms with Crippen molar-refractivity contribution in [1.29, 1.82) is 0 Å². The summed E-state index contributed by atoms with van der Waals surface area (Å²) in [7, 11) is -1.10. The number of hydrogen-bond acceptors (Lipinski definition) is 3. The Kier molecular flexibility index (Phi) is 14.5. The van der Waals surface area contributed by atoms with Gasteiger partial charge in [0.15, 0.2) is 5.96 Å². The van der Waals surface area contributed by atoms with Gasteiger partial charge in [-0.2, -0.15) is 0 Å². The average Bonchev–Trinajstić information content (AvgIpc) is 2.36. The topological polar surface area (TPSA) is 73.8 Å². The molecule has 126 valence electrons. The van der Waals surface area contributed by atoms with Gasteiger partial charge in [-0.05, 0) is 26.2 Å². The lowest BCUT2D eigenvalue weighted by atomic mass is 10.3. The number of nitrogens with zero attached hydrogens (tertiary/aromatic N) is 2. The maximum atomic E-state index is 10.9. The van der Waals surface area contributed by atoms with Crippen LogP contribution < -0.4 is 10.0 Å². The second-order valence-electron chi connectivity index (χ2n) is 4.61. The van der Waals surface area contributed by atoms with Gasteiger partial charge >= 0.3 is 0 Å². The first kappa shape index (κ1) is 22.9. The van der Waals surface area contributed by atoms with Crippen LogP contribution in [-0.2, 0) is 10.0 Å². The summed E-state index contributed by atoms with van der Waals surface area (Å²) < 4.78 is 24.3. The van der Waals surface area contributed by atoms with E-state index in [1.807, 2.05) is 20.0 Å². The molecular formula is C13H29IN4O2S. The molecule has 0 fully saturated rings. The molecule has 0 aromatic rings.